The lowest BCUT2D eigenvalue weighted by atomic mass is 10.2. The standard InChI is InChI=1S/C20H20BrClN4OS/c1-2-3-4-5-10-26(19(27)15-11-16(21)13-23-12-15)20-25-24-18(28-20)14-6-8-17(22)9-7-14/h6-9,11-13H,2-5,10H2,1H3. The number of pyridine rings is 1. The average molecular weight is 480 g/mol. The number of unbranched alkanes of at least 4 members (excludes halogenated alkanes) is 3. The van der Waals surface area contributed by atoms with E-state index in [0.29, 0.717) is 22.3 Å². The highest BCUT2D eigenvalue weighted by molar-refractivity contribution is 9.10. The molecule has 0 aliphatic heterocycles. The Morgan fingerprint density at radius 1 is 1.14 bits per heavy atom. The Morgan fingerprint density at radius 2 is 1.93 bits per heavy atom. The summed E-state index contributed by atoms with van der Waals surface area (Å²) in [5, 5.41) is 10.6. The van der Waals surface area contributed by atoms with Crippen molar-refractivity contribution in [2.45, 2.75) is 32.6 Å². The number of halogens is 2. The lowest BCUT2D eigenvalue weighted by molar-refractivity contribution is 0.0986. The molecule has 0 bridgehead atoms. The Labute approximate surface area is 181 Å². The topological polar surface area (TPSA) is 59.0 Å². The molecule has 0 spiro atoms. The molecule has 0 N–H and O–H groups in total. The van der Waals surface area contributed by atoms with Gasteiger partial charge < -0.3 is 0 Å². The van der Waals surface area contributed by atoms with Crippen LogP contribution in [0, 0.1) is 0 Å². The van der Waals surface area contributed by atoms with Crippen molar-refractivity contribution in [2.24, 2.45) is 0 Å². The lowest BCUT2D eigenvalue weighted by Crippen LogP contribution is -2.32. The number of anilines is 1. The van der Waals surface area contributed by atoms with E-state index in [9.17, 15) is 4.79 Å². The van der Waals surface area contributed by atoms with Crippen molar-refractivity contribution in [1.82, 2.24) is 15.2 Å². The Bertz CT molecular complexity index is 932. The molecule has 3 aromatic rings. The Balaban J connectivity index is 1.86. The van der Waals surface area contributed by atoms with Crippen molar-refractivity contribution in [3.63, 3.8) is 0 Å². The van der Waals surface area contributed by atoms with Crippen LogP contribution in [0.15, 0.2) is 47.2 Å². The predicted molar refractivity (Wildman–Crippen MR) is 118 cm³/mol. The van der Waals surface area contributed by atoms with E-state index in [-0.39, 0.29) is 5.91 Å². The number of benzene rings is 1. The number of nitrogens with zero attached hydrogens (tertiary/aromatic N) is 4. The first-order valence-corrected chi connectivity index (χ1v) is 11.1. The molecule has 0 fully saturated rings. The maximum Gasteiger partial charge on any atom is 0.261 e. The molecule has 0 saturated carbocycles. The number of rotatable bonds is 8. The van der Waals surface area contributed by atoms with Gasteiger partial charge in [-0.05, 0) is 40.5 Å². The molecule has 28 heavy (non-hydrogen) atoms. The number of amides is 1. The summed E-state index contributed by atoms with van der Waals surface area (Å²) >= 11 is 10.7. The minimum atomic E-state index is -0.121. The molecule has 0 saturated heterocycles. The fourth-order valence-corrected chi connectivity index (χ4v) is 4.06. The van der Waals surface area contributed by atoms with E-state index in [1.54, 1.807) is 23.4 Å². The third-order valence-electron chi connectivity index (χ3n) is 4.17. The predicted octanol–water partition coefficient (Wildman–Crippen LogP) is 6.24. The molecule has 146 valence electrons. The third-order valence-corrected chi connectivity index (χ3v) is 5.85. The molecule has 0 atom stereocenters. The maximum absolute atomic E-state index is 13.1. The van der Waals surface area contributed by atoms with Crippen LogP contribution in [0.3, 0.4) is 0 Å². The minimum Gasteiger partial charge on any atom is -0.283 e. The SMILES string of the molecule is CCCCCCN(C(=O)c1cncc(Br)c1)c1nnc(-c2ccc(Cl)cc2)s1. The number of aromatic nitrogens is 3. The van der Waals surface area contributed by atoms with Crippen LogP contribution in [0.25, 0.3) is 10.6 Å². The van der Waals surface area contributed by atoms with Gasteiger partial charge in [-0.15, -0.1) is 10.2 Å². The second kappa shape index (κ2) is 10.1. The molecule has 8 heteroatoms. The largest absolute Gasteiger partial charge is 0.283 e. The van der Waals surface area contributed by atoms with Gasteiger partial charge in [0.25, 0.3) is 5.91 Å². The van der Waals surface area contributed by atoms with Gasteiger partial charge in [-0.2, -0.15) is 0 Å². The fourth-order valence-electron chi connectivity index (χ4n) is 2.70. The summed E-state index contributed by atoms with van der Waals surface area (Å²) in [7, 11) is 0. The van der Waals surface area contributed by atoms with Crippen molar-refractivity contribution in [3.05, 3.63) is 57.8 Å². The van der Waals surface area contributed by atoms with E-state index in [4.69, 9.17) is 11.6 Å². The van der Waals surface area contributed by atoms with Gasteiger partial charge in [0.15, 0.2) is 0 Å². The van der Waals surface area contributed by atoms with Gasteiger partial charge in [0.1, 0.15) is 5.01 Å². The zero-order valence-corrected chi connectivity index (χ0v) is 18.6. The van der Waals surface area contributed by atoms with E-state index >= 15 is 0 Å². The van der Waals surface area contributed by atoms with Gasteiger partial charge in [0.2, 0.25) is 5.13 Å². The number of hydrogen-bond acceptors (Lipinski definition) is 5. The van der Waals surface area contributed by atoms with Crippen LogP contribution >= 0.6 is 38.9 Å². The Morgan fingerprint density at radius 3 is 2.64 bits per heavy atom. The first kappa shape index (κ1) is 20.9. The van der Waals surface area contributed by atoms with Gasteiger partial charge in [-0.1, -0.05) is 61.3 Å². The van der Waals surface area contributed by atoms with Gasteiger partial charge in [-0.25, -0.2) is 0 Å². The first-order chi connectivity index (χ1) is 13.6. The zero-order valence-electron chi connectivity index (χ0n) is 15.4. The summed E-state index contributed by atoms with van der Waals surface area (Å²) < 4.78 is 0.767. The molecular formula is C20H20BrClN4OS. The summed E-state index contributed by atoms with van der Waals surface area (Å²) in [6.45, 7) is 2.76. The second-order valence-corrected chi connectivity index (χ2v) is 8.61. The molecule has 2 heterocycles. The van der Waals surface area contributed by atoms with Crippen LogP contribution < -0.4 is 4.90 Å². The van der Waals surface area contributed by atoms with Crippen LogP contribution in [0.2, 0.25) is 5.02 Å². The van der Waals surface area contributed by atoms with Crippen LogP contribution in [-0.2, 0) is 0 Å². The van der Waals surface area contributed by atoms with Crippen molar-refractivity contribution < 1.29 is 4.79 Å². The number of hydrogen-bond donors (Lipinski definition) is 0. The molecule has 0 aliphatic rings. The minimum absolute atomic E-state index is 0.121. The lowest BCUT2D eigenvalue weighted by Gasteiger charge is -2.19. The Hall–Kier alpha value is -1.83. The highest BCUT2D eigenvalue weighted by Crippen LogP contribution is 2.30. The van der Waals surface area contributed by atoms with Crippen LogP contribution in [-0.4, -0.2) is 27.6 Å². The monoisotopic (exact) mass is 478 g/mol. The summed E-state index contributed by atoms with van der Waals surface area (Å²) in [6, 6.07) is 9.21. The third kappa shape index (κ3) is 5.37. The summed E-state index contributed by atoms with van der Waals surface area (Å²) in [6.07, 6.45) is 7.51. The molecule has 3 rings (SSSR count). The van der Waals surface area contributed by atoms with Gasteiger partial charge in [-0.3, -0.25) is 14.7 Å². The van der Waals surface area contributed by atoms with E-state index in [2.05, 4.69) is 38.0 Å². The fraction of sp³-hybridized carbons (Fsp3) is 0.300. The quantitative estimate of drug-likeness (QED) is 0.359. The highest BCUT2D eigenvalue weighted by Gasteiger charge is 2.22. The van der Waals surface area contributed by atoms with E-state index in [0.717, 1.165) is 40.7 Å². The highest BCUT2D eigenvalue weighted by atomic mass is 79.9. The number of carbonyl (C=O) groups excluding carboxylic acids is 1. The first-order valence-electron chi connectivity index (χ1n) is 9.10. The van der Waals surface area contributed by atoms with Crippen LogP contribution in [0.5, 0.6) is 0 Å². The normalized spacial score (nSPS) is 10.8. The molecule has 0 unspecified atom stereocenters. The second-order valence-electron chi connectivity index (χ2n) is 6.31. The summed E-state index contributed by atoms with van der Waals surface area (Å²) in [4.78, 5) is 19.0. The zero-order chi connectivity index (χ0) is 19.9. The maximum atomic E-state index is 13.1. The summed E-state index contributed by atoms with van der Waals surface area (Å²) in [5.74, 6) is -0.121. The van der Waals surface area contributed by atoms with Gasteiger partial charge in [0.05, 0.1) is 5.56 Å². The van der Waals surface area contributed by atoms with Crippen LogP contribution in [0.4, 0.5) is 5.13 Å². The van der Waals surface area contributed by atoms with Crippen LogP contribution in [0.1, 0.15) is 43.0 Å². The molecule has 1 aromatic carbocycles. The van der Waals surface area contributed by atoms with E-state index < -0.39 is 0 Å². The van der Waals surface area contributed by atoms with Crippen molar-refractivity contribution in [1.29, 1.82) is 0 Å². The smallest absolute Gasteiger partial charge is 0.261 e. The molecule has 0 radical (unpaired) electrons. The van der Waals surface area contributed by atoms with Crippen molar-refractivity contribution in [2.75, 3.05) is 11.4 Å². The molecule has 1 amide bonds. The van der Waals surface area contributed by atoms with E-state index in [1.807, 2.05) is 24.3 Å². The molecule has 0 aliphatic carbocycles. The Kier molecular flexibility index (Phi) is 7.53. The average Bonchev–Trinajstić information content (AvgIpc) is 3.18. The van der Waals surface area contributed by atoms with Gasteiger partial charge in [0, 0.05) is 34.0 Å². The van der Waals surface area contributed by atoms with Crippen molar-refractivity contribution >= 4 is 49.9 Å². The number of carbonyl (C=O) groups is 1. The molecular weight excluding hydrogens is 460 g/mol. The molecule has 5 nitrogen and oxygen atoms in total. The van der Waals surface area contributed by atoms with Crippen molar-refractivity contribution in [3.8, 4) is 10.6 Å². The molecule has 2 aromatic heterocycles. The van der Waals surface area contributed by atoms with E-state index in [1.165, 1.54) is 11.3 Å². The summed E-state index contributed by atoms with van der Waals surface area (Å²) in [5.41, 5.74) is 1.45. The van der Waals surface area contributed by atoms with Gasteiger partial charge >= 0.3 is 0 Å².